The summed E-state index contributed by atoms with van der Waals surface area (Å²) in [5.74, 6) is -0.899. The highest BCUT2D eigenvalue weighted by molar-refractivity contribution is 5.70. The van der Waals surface area contributed by atoms with Crippen molar-refractivity contribution < 1.29 is 19.0 Å². The summed E-state index contributed by atoms with van der Waals surface area (Å²) in [5, 5.41) is 0. The van der Waals surface area contributed by atoms with Gasteiger partial charge in [0.2, 0.25) is 0 Å². The topological polar surface area (TPSA) is 44.8 Å². The van der Waals surface area contributed by atoms with E-state index in [4.69, 9.17) is 14.2 Å². The van der Waals surface area contributed by atoms with Gasteiger partial charge in [0.25, 0.3) is 0 Å². The number of hydrogen-bond donors (Lipinski definition) is 0. The van der Waals surface area contributed by atoms with Gasteiger partial charge in [0.15, 0.2) is 5.79 Å². The molecule has 19 heavy (non-hydrogen) atoms. The Balaban J connectivity index is 2.59. The van der Waals surface area contributed by atoms with Crippen LogP contribution in [0.1, 0.15) is 54.4 Å². The lowest BCUT2D eigenvalue weighted by Crippen LogP contribution is -2.45. The summed E-state index contributed by atoms with van der Waals surface area (Å²) >= 11 is 0. The normalized spacial score (nSPS) is 27.5. The molecular weight excluding hydrogens is 244 g/mol. The summed E-state index contributed by atoms with van der Waals surface area (Å²) in [6, 6.07) is 0. The second kappa shape index (κ2) is 6.06. The van der Waals surface area contributed by atoms with Gasteiger partial charge in [-0.15, -0.1) is 0 Å². The first-order valence-electron chi connectivity index (χ1n) is 6.81. The zero-order valence-corrected chi connectivity index (χ0v) is 12.9. The lowest BCUT2D eigenvalue weighted by Gasteiger charge is -2.39. The maximum atomic E-state index is 11.8. The van der Waals surface area contributed by atoms with Crippen molar-refractivity contribution in [3.8, 4) is 0 Å². The number of esters is 1. The summed E-state index contributed by atoms with van der Waals surface area (Å²) < 4.78 is 16.9. The summed E-state index contributed by atoms with van der Waals surface area (Å²) in [6.45, 7) is 11.3. The Morgan fingerprint density at radius 2 is 2.00 bits per heavy atom. The molecule has 0 unspecified atom stereocenters. The highest BCUT2D eigenvalue weighted by Crippen LogP contribution is 2.29. The molecular formula is C15H26O4. The van der Waals surface area contributed by atoms with E-state index in [1.807, 2.05) is 53.7 Å². The van der Waals surface area contributed by atoms with E-state index in [0.29, 0.717) is 6.42 Å². The molecule has 0 saturated carbocycles. The Kier molecular flexibility index (Phi) is 5.16. The van der Waals surface area contributed by atoms with E-state index in [1.165, 1.54) is 0 Å². The van der Waals surface area contributed by atoms with E-state index < -0.39 is 11.4 Å². The van der Waals surface area contributed by atoms with E-state index in [2.05, 4.69) is 0 Å². The number of allylic oxidation sites excluding steroid dienone is 1. The monoisotopic (exact) mass is 270 g/mol. The Bertz CT molecular complexity index is 339. The van der Waals surface area contributed by atoms with E-state index in [-0.39, 0.29) is 24.6 Å². The van der Waals surface area contributed by atoms with E-state index in [9.17, 15) is 4.79 Å². The van der Waals surface area contributed by atoms with Crippen molar-refractivity contribution in [2.45, 2.75) is 78.0 Å². The lowest BCUT2D eigenvalue weighted by molar-refractivity contribution is -0.290. The van der Waals surface area contributed by atoms with Crippen LogP contribution in [0.4, 0.5) is 0 Å². The van der Waals surface area contributed by atoms with Crippen molar-refractivity contribution in [2.75, 3.05) is 0 Å². The molecule has 0 spiro atoms. The quantitative estimate of drug-likeness (QED) is 0.583. The van der Waals surface area contributed by atoms with Gasteiger partial charge >= 0.3 is 5.97 Å². The minimum absolute atomic E-state index is 0.0128. The highest BCUT2D eigenvalue weighted by atomic mass is 16.7. The average Bonchev–Trinajstić information content (AvgIpc) is 2.10. The van der Waals surface area contributed by atoms with Crippen molar-refractivity contribution in [3.05, 3.63) is 12.2 Å². The van der Waals surface area contributed by atoms with Crippen molar-refractivity contribution in [3.63, 3.8) is 0 Å². The van der Waals surface area contributed by atoms with Gasteiger partial charge in [-0.05, 0) is 41.5 Å². The van der Waals surface area contributed by atoms with Gasteiger partial charge in [0, 0.05) is 6.42 Å². The smallest absolute Gasteiger partial charge is 0.308 e. The van der Waals surface area contributed by atoms with Gasteiger partial charge in [-0.1, -0.05) is 12.2 Å². The van der Waals surface area contributed by atoms with E-state index >= 15 is 0 Å². The van der Waals surface area contributed by atoms with Gasteiger partial charge in [-0.3, -0.25) is 4.79 Å². The minimum atomic E-state index is -0.672. The van der Waals surface area contributed by atoms with Crippen LogP contribution in [-0.2, 0) is 19.0 Å². The van der Waals surface area contributed by atoms with Crippen LogP contribution in [0, 0.1) is 0 Å². The predicted octanol–water partition coefficient (Wildman–Crippen LogP) is 3.20. The molecule has 0 bridgehead atoms. The fourth-order valence-corrected chi connectivity index (χ4v) is 2.18. The maximum absolute atomic E-state index is 11.8. The SMILES string of the molecule is C/C=C/[C@@H]1C[C@H](CC(=O)OC(C)(C)C)OC(C)(C)O1. The molecule has 1 aliphatic rings. The van der Waals surface area contributed by atoms with Crippen LogP contribution >= 0.6 is 0 Å². The molecule has 1 aliphatic heterocycles. The van der Waals surface area contributed by atoms with Crippen LogP contribution in [0.25, 0.3) is 0 Å². The van der Waals surface area contributed by atoms with Crippen LogP contribution in [0.15, 0.2) is 12.2 Å². The molecule has 0 aromatic carbocycles. The van der Waals surface area contributed by atoms with Crippen molar-refractivity contribution in [2.24, 2.45) is 0 Å². The third-order valence-electron chi connectivity index (χ3n) is 2.60. The third kappa shape index (κ3) is 6.21. The third-order valence-corrected chi connectivity index (χ3v) is 2.60. The summed E-state index contributed by atoms with van der Waals surface area (Å²) in [6.07, 6.45) is 4.70. The van der Waals surface area contributed by atoms with Gasteiger partial charge in [0.05, 0.1) is 18.6 Å². The Morgan fingerprint density at radius 1 is 1.37 bits per heavy atom. The Labute approximate surface area is 116 Å². The molecule has 110 valence electrons. The summed E-state index contributed by atoms with van der Waals surface area (Å²) in [5.41, 5.74) is -0.458. The largest absolute Gasteiger partial charge is 0.460 e. The zero-order valence-electron chi connectivity index (χ0n) is 12.9. The predicted molar refractivity (Wildman–Crippen MR) is 73.7 cm³/mol. The van der Waals surface area contributed by atoms with Gasteiger partial charge in [0.1, 0.15) is 5.60 Å². The lowest BCUT2D eigenvalue weighted by atomic mass is 10.0. The number of carbonyl (C=O) groups is 1. The fourth-order valence-electron chi connectivity index (χ4n) is 2.18. The number of hydrogen-bond acceptors (Lipinski definition) is 4. The summed E-state index contributed by atoms with van der Waals surface area (Å²) in [7, 11) is 0. The molecule has 1 saturated heterocycles. The van der Waals surface area contributed by atoms with Crippen molar-refractivity contribution in [1.82, 2.24) is 0 Å². The first-order chi connectivity index (χ1) is 8.61. The van der Waals surface area contributed by atoms with Crippen LogP contribution in [0.5, 0.6) is 0 Å². The molecule has 0 aromatic rings. The average molecular weight is 270 g/mol. The van der Waals surface area contributed by atoms with E-state index in [1.54, 1.807) is 0 Å². The molecule has 4 heteroatoms. The Hall–Kier alpha value is -0.870. The van der Waals surface area contributed by atoms with Gasteiger partial charge in [-0.25, -0.2) is 0 Å². The van der Waals surface area contributed by atoms with Gasteiger partial charge in [-0.2, -0.15) is 0 Å². The second-order valence-corrected chi connectivity index (χ2v) is 6.35. The number of rotatable bonds is 3. The molecule has 0 aliphatic carbocycles. The standard InChI is InChI=1S/C15H26O4/c1-7-8-11-9-12(18-15(5,6)17-11)10-13(16)19-14(2,3)4/h7-8,11-12H,9-10H2,1-6H3/b8-7+/t11-,12-/m1/s1. The number of ether oxygens (including phenoxy) is 3. The highest BCUT2D eigenvalue weighted by Gasteiger charge is 2.36. The number of carbonyl (C=O) groups excluding carboxylic acids is 1. The van der Waals surface area contributed by atoms with Gasteiger partial charge < -0.3 is 14.2 Å². The fraction of sp³-hybridized carbons (Fsp3) is 0.800. The molecule has 0 amide bonds. The molecule has 1 rings (SSSR count). The first-order valence-corrected chi connectivity index (χ1v) is 6.81. The van der Waals surface area contributed by atoms with Crippen LogP contribution in [0.3, 0.4) is 0 Å². The van der Waals surface area contributed by atoms with Crippen LogP contribution in [0.2, 0.25) is 0 Å². The van der Waals surface area contributed by atoms with Crippen LogP contribution in [-0.4, -0.2) is 29.6 Å². The second-order valence-electron chi connectivity index (χ2n) is 6.35. The van der Waals surface area contributed by atoms with Crippen molar-refractivity contribution >= 4 is 5.97 Å². The maximum Gasteiger partial charge on any atom is 0.308 e. The molecule has 4 nitrogen and oxygen atoms in total. The molecule has 1 fully saturated rings. The molecule has 2 atom stereocenters. The molecule has 1 heterocycles. The molecule has 0 radical (unpaired) electrons. The Morgan fingerprint density at radius 3 is 2.53 bits per heavy atom. The van der Waals surface area contributed by atoms with E-state index in [0.717, 1.165) is 0 Å². The zero-order chi connectivity index (χ0) is 14.7. The first kappa shape index (κ1) is 16.2. The minimum Gasteiger partial charge on any atom is -0.460 e. The van der Waals surface area contributed by atoms with Crippen molar-refractivity contribution in [1.29, 1.82) is 0 Å². The summed E-state index contributed by atoms with van der Waals surface area (Å²) in [4.78, 5) is 11.8. The molecule has 0 N–H and O–H groups in total. The van der Waals surface area contributed by atoms with Crippen LogP contribution < -0.4 is 0 Å². The molecule has 0 aromatic heterocycles.